The van der Waals surface area contributed by atoms with Crippen LogP contribution in [0.5, 0.6) is 0 Å². The van der Waals surface area contributed by atoms with E-state index in [0.29, 0.717) is 19.6 Å². The molecule has 0 aromatic heterocycles. The fourth-order valence-electron chi connectivity index (χ4n) is 1.24. The van der Waals surface area contributed by atoms with E-state index in [0.717, 1.165) is 12.5 Å². The van der Waals surface area contributed by atoms with Crippen LogP contribution >= 0.6 is 0 Å². The molecule has 3 N–H and O–H groups in total. The summed E-state index contributed by atoms with van der Waals surface area (Å²) in [6.45, 7) is 4.70. The van der Waals surface area contributed by atoms with Crippen LogP contribution in [0.25, 0.3) is 0 Å². The van der Waals surface area contributed by atoms with E-state index in [1.54, 1.807) is 0 Å². The van der Waals surface area contributed by atoms with Crippen molar-refractivity contribution in [2.24, 2.45) is 5.41 Å². The maximum Gasteiger partial charge on any atom is 0.169 e. The number of rotatable bonds is 9. The molecule has 4 nitrogen and oxygen atoms in total. The Morgan fingerprint density at radius 2 is 1.87 bits per heavy atom. The van der Waals surface area contributed by atoms with E-state index >= 15 is 0 Å². The third-order valence-corrected chi connectivity index (χ3v) is 3.98. The third-order valence-electron chi connectivity index (χ3n) is 2.74. The average Bonchev–Trinajstić information content (AvgIpc) is 2.24. The minimum absolute atomic E-state index is 0.0504. The van der Waals surface area contributed by atoms with Gasteiger partial charge in [0, 0.05) is 12.0 Å². The lowest BCUT2D eigenvalue weighted by molar-refractivity contribution is -0.0297. The lowest BCUT2D eigenvalue weighted by atomic mass is 9.88. The maximum absolute atomic E-state index is 9.15. The highest BCUT2D eigenvalue weighted by molar-refractivity contribution is 6.48. The van der Waals surface area contributed by atoms with Crippen molar-refractivity contribution in [1.29, 1.82) is 0 Å². The summed E-state index contributed by atoms with van der Waals surface area (Å²) in [4.78, 5) is 9.15. The second-order valence-electron chi connectivity index (χ2n) is 4.21. The predicted molar refractivity (Wildman–Crippen MR) is 62.4 cm³/mol. The molecular weight excluding hydrogens is 212 g/mol. The van der Waals surface area contributed by atoms with Gasteiger partial charge in [0.2, 0.25) is 0 Å². The topological polar surface area (TPSA) is 69.9 Å². The molecule has 92 valence electrons. The van der Waals surface area contributed by atoms with Crippen LogP contribution in [0.1, 0.15) is 19.8 Å². The highest BCUT2D eigenvalue weighted by Gasteiger charge is 2.26. The molecule has 15 heavy (non-hydrogen) atoms. The summed E-state index contributed by atoms with van der Waals surface area (Å²) < 4.78 is 5.41. The van der Waals surface area contributed by atoms with Crippen molar-refractivity contribution >= 4 is 9.04 Å². The van der Waals surface area contributed by atoms with Crippen molar-refractivity contribution in [1.82, 2.24) is 0 Å². The van der Waals surface area contributed by atoms with Gasteiger partial charge in [-0.25, -0.2) is 0 Å². The molecule has 0 saturated carbocycles. The molecule has 0 bridgehead atoms. The Labute approximate surface area is 93.6 Å². The Morgan fingerprint density at radius 3 is 2.27 bits per heavy atom. The molecule has 0 aromatic rings. The first-order chi connectivity index (χ1) is 7.10. The molecule has 0 aliphatic rings. The molecule has 0 heterocycles. The molecule has 0 amide bonds. The molecule has 0 aliphatic heterocycles. The Bertz CT molecular complexity index is 140. The lowest BCUT2D eigenvalue weighted by Crippen LogP contribution is -2.34. The zero-order valence-electron chi connectivity index (χ0n) is 9.78. The van der Waals surface area contributed by atoms with Crippen molar-refractivity contribution in [2.75, 3.05) is 26.4 Å². The van der Waals surface area contributed by atoms with Gasteiger partial charge in [-0.3, -0.25) is 0 Å². The van der Waals surface area contributed by atoms with Gasteiger partial charge >= 0.3 is 0 Å². The lowest BCUT2D eigenvalue weighted by Gasteiger charge is -2.27. The van der Waals surface area contributed by atoms with Gasteiger partial charge in [0.1, 0.15) is 0 Å². The molecule has 0 rings (SSSR count). The fraction of sp³-hybridized carbons (Fsp3) is 1.00. The van der Waals surface area contributed by atoms with Crippen LogP contribution in [0.2, 0.25) is 12.6 Å². The van der Waals surface area contributed by atoms with Crippen molar-refractivity contribution < 1.29 is 19.7 Å². The van der Waals surface area contributed by atoms with E-state index in [1.807, 2.05) is 13.5 Å². The van der Waals surface area contributed by atoms with Gasteiger partial charge in [-0.2, -0.15) is 0 Å². The molecule has 0 aliphatic carbocycles. The SMILES string of the molecule is CCC(CO)(CO)COCCC[SiH](C)O. The van der Waals surface area contributed by atoms with Crippen molar-refractivity contribution in [2.45, 2.75) is 32.4 Å². The summed E-state index contributed by atoms with van der Waals surface area (Å²) in [5.41, 5.74) is -0.498. The second kappa shape index (κ2) is 8.24. The molecule has 0 radical (unpaired) electrons. The van der Waals surface area contributed by atoms with E-state index in [1.165, 1.54) is 0 Å². The predicted octanol–water partition coefficient (Wildman–Crippen LogP) is 0.120. The summed E-state index contributed by atoms with van der Waals surface area (Å²) in [6, 6.07) is 0.859. The van der Waals surface area contributed by atoms with E-state index in [-0.39, 0.29) is 13.2 Å². The van der Waals surface area contributed by atoms with Crippen molar-refractivity contribution in [3.8, 4) is 0 Å². The first kappa shape index (κ1) is 15.1. The van der Waals surface area contributed by atoms with Gasteiger partial charge in [0.05, 0.1) is 19.8 Å². The minimum atomic E-state index is -1.46. The first-order valence-electron chi connectivity index (χ1n) is 5.57. The highest BCUT2D eigenvalue weighted by Crippen LogP contribution is 2.20. The first-order valence-corrected chi connectivity index (χ1v) is 8.06. The Balaban J connectivity index is 3.63. The van der Waals surface area contributed by atoms with Gasteiger partial charge in [-0.05, 0) is 25.4 Å². The summed E-state index contributed by atoms with van der Waals surface area (Å²) in [5, 5.41) is 18.3. The Hall–Kier alpha value is 0.0569. The number of ether oxygens (including phenoxy) is 1. The summed E-state index contributed by atoms with van der Waals surface area (Å²) in [6.07, 6.45) is 1.56. The van der Waals surface area contributed by atoms with Crippen LogP contribution in [0, 0.1) is 5.41 Å². The van der Waals surface area contributed by atoms with Crippen molar-refractivity contribution in [3.05, 3.63) is 0 Å². The molecule has 0 spiro atoms. The number of hydrogen-bond donors (Lipinski definition) is 3. The molecule has 0 saturated heterocycles. The van der Waals surface area contributed by atoms with Crippen molar-refractivity contribution in [3.63, 3.8) is 0 Å². The standard InChI is InChI=1S/C10H24O4Si/c1-3-10(7-11,8-12)9-14-5-4-6-15(2)13/h11-13,15H,3-9H2,1-2H3. The van der Waals surface area contributed by atoms with Crippen LogP contribution in [0.3, 0.4) is 0 Å². The van der Waals surface area contributed by atoms with Gasteiger partial charge in [0.25, 0.3) is 0 Å². The third kappa shape index (κ3) is 6.27. The summed E-state index contributed by atoms with van der Waals surface area (Å²) in [5.74, 6) is 0. The Kier molecular flexibility index (Phi) is 8.27. The molecule has 0 aromatic carbocycles. The average molecular weight is 236 g/mol. The molecule has 1 unspecified atom stereocenters. The van der Waals surface area contributed by atoms with Gasteiger partial charge < -0.3 is 19.7 Å². The van der Waals surface area contributed by atoms with Gasteiger partial charge in [-0.1, -0.05) is 6.92 Å². The monoisotopic (exact) mass is 236 g/mol. The zero-order valence-corrected chi connectivity index (χ0v) is 10.9. The van der Waals surface area contributed by atoms with E-state index in [9.17, 15) is 0 Å². The highest BCUT2D eigenvalue weighted by atomic mass is 28.3. The van der Waals surface area contributed by atoms with E-state index in [4.69, 9.17) is 19.7 Å². The summed E-state index contributed by atoms with van der Waals surface area (Å²) >= 11 is 0. The molecule has 0 fully saturated rings. The largest absolute Gasteiger partial charge is 0.435 e. The zero-order chi connectivity index (χ0) is 11.7. The van der Waals surface area contributed by atoms with Crippen LogP contribution in [-0.2, 0) is 4.74 Å². The fourth-order valence-corrected chi connectivity index (χ4v) is 1.99. The second-order valence-corrected chi connectivity index (χ2v) is 6.49. The molecule has 5 heteroatoms. The molecule has 1 atom stereocenters. The molecular formula is C10H24O4Si. The van der Waals surface area contributed by atoms with Crippen LogP contribution in [0.15, 0.2) is 0 Å². The number of aliphatic hydroxyl groups excluding tert-OH is 2. The van der Waals surface area contributed by atoms with Crippen LogP contribution in [0.4, 0.5) is 0 Å². The smallest absolute Gasteiger partial charge is 0.169 e. The number of hydrogen-bond acceptors (Lipinski definition) is 4. The normalized spacial score (nSPS) is 14.2. The Morgan fingerprint density at radius 1 is 1.27 bits per heavy atom. The van der Waals surface area contributed by atoms with Crippen LogP contribution < -0.4 is 0 Å². The minimum Gasteiger partial charge on any atom is -0.435 e. The van der Waals surface area contributed by atoms with Gasteiger partial charge in [-0.15, -0.1) is 0 Å². The van der Waals surface area contributed by atoms with E-state index < -0.39 is 14.5 Å². The quantitative estimate of drug-likeness (QED) is 0.393. The van der Waals surface area contributed by atoms with Gasteiger partial charge in [0.15, 0.2) is 9.04 Å². The van der Waals surface area contributed by atoms with E-state index in [2.05, 4.69) is 0 Å². The maximum atomic E-state index is 9.15. The summed E-state index contributed by atoms with van der Waals surface area (Å²) in [7, 11) is -1.46. The van der Waals surface area contributed by atoms with Crippen LogP contribution in [-0.4, -0.2) is 50.5 Å². The number of aliphatic hydroxyl groups is 2.